The first-order valence-corrected chi connectivity index (χ1v) is 7.42. The molecular weight excluding hydrogens is 316 g/mol. The van der Waals surface area contributed by atoms with E-state index in [1.807, 2.05) is 18.4 Å². The summed E-state index contributed by atoms with van der Waals surface area (Å²) in [6, 6.07) is 5.54. The lowest BCUT2D eigenvalue weighted by Gasteiger charge is -2.11. The average Bonchev–Trinajstić information content (AvgIpc) is 2.38. The van der Waals surface area contributed by atoms with Crippen molar-refractivity contribution >= 4 is 38.6 Å². The standard InChI is InChI=1S/C12H13BrN2O2S/c1-17-6-5-15-11(16)9-7-8(13)3-4-10(9)14-12(15)18-2/h3-4,7H,5-6H2,1-2H3. The molecule has 0 unspecified atom stereocenters. The molecule has 96 valence electrons. The van der Waals surface area contributed by atoms with Crippen LogP contribution in [0.1, 0.15) is 0 Å². The molecular formula is C12H13BrN2O2S. The molecule has 4 nitrogen and oxygen atoms in total. The second-order valence-corrected chi connectivity index (χ2v) is 5.40. The lowest BCUT2D eigenvalue weighted by atomic mass is 10.2. The Kier molecular flexibility index (Phi) is 4.42. The highest BCUT2D eigenvalue weighted by Crippen LogP contribution is 2.18. The quantitative estimate of drug-likeness (QED) is 0.639. The molecule has 0 radical (unpaired) electrons. The Morgan fingerprint density at radius 3 is 2.94 bits per heavy atom. The van der Waals surface area contributed by atoms with Crippen molar-refractivity contribution in [3.63, 3.8) is 0 Å². The van der Waals surface area contributed by atoms with Crippen molar-refractivity contribution in [2.24, 2.45) is 0 Å². The normalized spacial score (nSPS) is 11.1. The molecule has 1 aromatic carbocycles. The van der Waals surface area contributed by atoms with E-state index < -0.39 is 0 Å². The van der Waals surface area contributed by atoms with Crippen LogP contribution in [-0.4, -0.2) is 29.5 Å². The van der Waals surface area contributed by atoms with Crippen LogP contribution >= 0.6 is 27.7 Å². The second kappa shape index (κ2) is 5.86. The number of rotatable bonds is 4. The van der Waals surface area contributed by atoms with Gasteiger partial charge in [0.2, 0.25) is 0 Å². The summed E-state index contributed by atoms with van der Waals surface area (Å²) in [4.78, 5) is 16.9. The first-order chi connectivity index (χ1) is 8.67. The molecule has 0 aliphatic heterocycles. The number of thioether (sulfide) groups is 1. The maximum Gasteiger partial charge on any atom is 0.262 e. The summed E-state index contributed by atoms with van der Waals surface area (Å²) in [6.07, 6.45) is 1.91. The zero-order valence-corrected chi connectivity index (χ0v) is 12.5. The monoisotopic (exact) mass is 328 g/mol. The van der Waals surface area contributed by atoms with Crippen LogP contribution in [0.3, 0.4) is 0 Å². The highest BCUT2D eigenvalue weighted by Gasteiger charge is 2.10. The molecule has 1 aromatic heterocycles. The second-order valence-electron chi connectivity index (χ2n) is 3.71. The summed E-state index contributed by atoms with van der Waals surface area (Å²) < 4.78 is 7.56. The van der Waals surface area contributed by atoms with Gasteiger partial charge in [0.25, 0.3) is 5.56 Å². The van der Waals surface area contributed by atoms with E-state index in [2.05, 4.69) is 20.9 Å². The third-order valence-corrected chi connectivity index (χ3v) is 3.75. The number of ether oxygens (including phenoxy) is 1. The Labute approximate surface area is 117 Å². The SMILES string of the molecule is COCCn1c(SC)nc2ccc(Br)cc2c1=O. The van der Waals surface area contributed by atoms with Gasteiger partial charge in [0.1, 0.15) is 0 Å². The molecule has 0 amide bonds. The van der Waals surface area contributed by atoms with E-state index in [4.69, 9.17) is 4.74 Å². The van der Waals surface area contributed by atoms with Gasteiger partial charge in [0.05, 0.1) is 24.1 Å². The summed E-state index contributed by atoms with van der Waals surface area (Å²) in [5, 5.41) is 1.34. The van der Waals surface area contributed by atoms with E-state index >= 15 is 0 Å². The topological polar surface area (TPSA) is 44.1 Å². The number of methoxy groups -OCH3 is 1. The molecule has 0 spiro atoms. The third kappa shape index (κ3) is 2.60. The minimum Gasteiger partial charge on any atom is -0.383 e. The Balaban J connectivity index is 2.67. The Morgan fingerprint density at radius 1 is 1.50 bits per heavy atom. The van der Waals surface area contributed by atoms with Gasteiger partial charge in [-0.3, -0.25) is 9.36 Å². The van der Waals surface area contributed by atoms with E-state index in [0.717, 1.165) is 9.99 Å². The van der Waals surface area contributed by atoms with Crippen LogP contribution in [0.15, 0.2) is 32.6 Å². The largest absolute Gasteiger partial charge is 0.383 e. The minimum absolute atomic E-state index is 0.0253. The van der Waals surface area contributed by atoms with Crippen molar-refractivity contribution in [2.45, 2.75) is 11.7 Å². The molecule has 2 aromatic rings. The molecule has 0 bridgehead atoms. The van der Waals surface area contributed by atoms with Crippen molar-refractivity contribution in [3.8, 4) is 0 Å². The van der Waals surface area contributed by atoms with Crippen molar-refractivity contribution in [1.29, 1.82) is 0 Å². The fraction of sp³-hybridized carbons (Fsp3) is 0.333. The van der Waals surface area contributed by atoms with Gasteiger partial charge >= 0.3 is 0 Å². The number of hydrogen-bond donors (Lipinski definition) is 0. The van der Waals surface area contributed by atoms with Crippen molar-refractivity contribution in [2.75, 3.05) is 20.0 Å². The van der Waals surface area contributed by atoms with E-state index in [1.165, 1.54) is 11.8 Å². The first-order valence-electron chi connectivity index (χ1n) is 5.40. The number of hydrogen-bond acceptors (Lipinski definition) is 4. The molecule has 0 saturated carbocycles. The molecule has 6 heteroatoms. The highest BCUT2D eigenvalue weighted by molar-refractivity contribution is 9.10. The van der Waals surface area contributed by atoms with Crippen LogP contribution in [0.25, 0.3) is 10.9 Å². The first kappa shape index (κ1) is 13.6. The lowest BCUT2D eigenvalue weighted by Crippen LogP contribution is -2.25. The predicted octanol–water partition coefficient (Wildman–Crippen LogP) is 2.53. The van der Waals surface area contributed by atoms with Gasteiger partial charge in [-0.1, -0.05) is 27.7 Å². The summed E-state index contributed by atoms with van der Waals surface area (Å²) in [5.74, 6) is 0. The lowest BCUT2D eigenvalue weighted by molar-refractivity contribution is 0.183. The summed E-state index contributed by atoms with van der Waals surface area (Å²) in [6.45, 7) is 1.01. The number of halogens is 1. The number of aromatic nitrogens is 2. The van der Waals surface area contributed by atoms with Gasteiger partial charge < -0.3 is 4.74 Å². The van der Waals surface area contributed by atoms with Crippen LogP contribution in [0.4, 0.5) is 0 Å². The fourth-order valence-electron chi connectivity index (χ4n) is 1.71. The maximum atomic E-state index is 12.4. The Morgan fingerprint density at radius 2 is 2.28 bits per heavy atom. The van der Waals surface area contributed by atoms with Crippen LogP contribution in [-0.2, 0) is 11.3 Å². The van der Waals surface area contributed by atoms with Gasteiger partial charge in [-0.2, -0.15) is 0 Å². The third-order valence-electron chi connectivity index (χ3n) is 2.58. The molecule has 18 heavy (non-hydrogen) atoms. The minimum atomic E-state index is -0.0253. The van der Waals surface area contributed by atoms with Gasteiger partial charge in [-0.25, -0.2) is 4.98 Å². The summed E-state index contributed by atoms with van der Waals surface area (Å²) in [5.41, 5.74) is 0.698. The molecule has 0 N–H and O–H groups in total. The zero-order chi connectivity index (χ0) is 13.1. The van der Waals surface area contributed by atoms with E-state index in [0.29, 0.717) is 23.7 Å². The molecule has 0 aliphatic carbocycles. The number of benzene rings is 1. The van der Waals surface area contributed by atoms with E-state index in [9.17, 15) is 4.79 Å². The van der Waals surface area contributed by atoms with Crippen LogP contribution in [0, 0.1) is 0 Å². The fourth-order valence-corrected chi connectivity index (χ4v) is 2.65. The van der Waals surface area contributed by atoms with Crippen molar-refractivity contribution in [1.82, 2.24) is 9.55 Å². The van der Waals surface area contributed by atoms with Gasteiger partial charge in [-0.15, -0.1) is 0 Å². The average molecular weight is 329 g/mol. The predicted molar refractivity (Wildman–Crippen MR) is 77.4 cm³/mol. The van der Waals surface area contributed by atoms with Gasteiger partial charge in [0.15, 0.2) is 5.16 Å². The molecule has 2 rings (SSSR count). The van der Waals surface area contributed by atoms with Crippen LogP contribution in [0.2, 0.25) is 0 Å². The Hall–Kier alpha value is -0.850. The number of nitrogens with zero attached hydrogens (tertiary/aromatic N) is 2. The highest BCUT2D eigenvalue weighted by atomic mass is 79.9. The number of fused-ring (bicyclic) bond motifs is 1. The Bertz CT molecular complexity index is 627. The van der Waals surface area contributed by atoms with Crippen LogP contribution < -0.4 is 5.56 Å². The smallest absolute Gasteiger partial charge is 0.262 e. The summed E-state index contributed by atoms with van der Waals surface area (Å²) >= 11 is 4.84. The van der Waals surface area contributed by atoms with Gasteiger partial charge in [0, 0.05) is 11.6 Å². The van der Waals surface area contributed by atoms with E-state index in [-0.39, 0.29) is 5.56 Å². The molecule has 0 aliphatic rings. The molecule has 1 heterocycles. The molecule has 0 atom stereocenters. The molecule has 0 saturated heterocycles. The molecule has 0 fully saturated rings. The van der Waals surface area contributed by atoms with Crippen molar-refractivity contribution < 1.29 is 4.74 Å². The van der Waals surface area contributed by atoms with E-state index in [1.54, 1.807) is 17.7 Å². The maximum absolute atomic E-state index is 12.4. The van der Waals surface area contributed by atoms with Crippen molar-refractivity contribution in [3.05, 3.63) is 33.0 Å². The summed E-state index contributed by atoms with van der Waals surface area (Å²) in [7, 11) is 1.62. The van der Waals surface area contributed by atoms with Gasteiger partial charge in [-0.05, 0) is 24.5 Å². The van der Waals surface area contributed by atoms with Crippen LogP contribution in [0.5, 0.6) is 0 Å². The zero-order valence-electron chi connectivity index (χ0n) is 10.1.